The van der Waals surface area contributed by atoms with E-state index in [4.69, 9.17) is 0 Å². The highest BCUT2D eigenvalue weighted by molar-refractivity contribution is 5.90. The summed E-state index contributed by atoms with van der Waals surface area (Å²) in [6.45, 7) is 2.26. The van der Waals surface area contributed by atoms with E-state index in [9.17, 15) is 18.0 Å². The number of fused-ring (bicyclic) bond motifs is 1. The van der Waals surface area contributed by atoms with Gasteiger partial charge >= 0.3 is 6.36 Å². The standard InChI is InChI=1S/C18H15F3N6O2/c1-3-27-16-15(23-24-27)14(11-8-22-25(2)9-11)10-26(17(16)28)12-4-6-13(7-5-12)29-18(19,20)21/h4-10H,3H2,1-2H3. The van der Waals surface area contributed by atoms with Crippen LogP contribution in [-0.4, -0.2) is 35.7 Å². The fourth-order valence-corrected chi connectivity index (χ4v) is 3.06. The minimum absolute atomic E-state index is 0.296. The molecule has 11 heteroatoms. The average Bonchev–Trinajstić information content (AvgIpc) is 3.28. The molecule has 0 N–H and O–H groups in total. The second kappa shape index (κ2) is 6.76. The number of benzene rings is 1. The molecular weight excluding hydrogens is 389 g/mol. The summed E-state index contributed by atoms with van der Waals surface area (Å²) in [7, 11) is 1.76. The molecule has 150 valence electrons. The van der Waals surface area contributed by atoms with Crippen molar-refractivity contribution < 1.29 is 17.9 Å². The lowest BCUT2D eigenvalue weighted by atomic mass is 10.1. The number of nitrogens with zero attached hydrogens (tertiary/aromatic N) is 6. The molecule has 0 aliphatic rings. The van der Waals surface area contributed by atoms with Crippen molar-refractivity contribution in [2.75, 3.05) is 0 Å². The molecule has 4 rings (SSSR count). The highest BCUT2D eigenvalue weighted by Gasteiger charge is 2.31. The molecule has 8 nitrogen and oxygen atoms in total. The molecule has 0 bridgehead atoms. The fraction of sp³-hybridized carbons (Fsp3) is 0.222. The van der Waals surface area contributed by atoms with Crippen LogP contribution >= 0.6 is 0 Å². The molecule has 3 heterocycles. The van der Waals surface area contributed by atoms with Crippen LogP contribution in [0.1, 0.15) is 6.92 Å². The number of rotatable bonds is 4. The maximum Gasteiger partial charge on any atom is 0.573 e. The molecule has 1 aromatic carbocycles. The first-order valence-electron chi connectivity index (χ1n) is 8.61. The molecule has 0 amide bonds. The number of ether oxygens (including phenoxy) is 1. The van der Waals surface area contributed by atoms with Gasteiger partial charge in [0.1, 0.15) is 11.3 Å². The number of hydrogen-bond acceptors (Lipinski definition) is 5. The van der Waals surface area contributed by atoms with E-state index in [-0.39, 0.29) is 11.3 Å². The lowest BCUT2D eigenvalue weighted by Gasteiger charge is -2.12. The van der Waals surface area contributed by atoms with Gasteiger partial charge < -0.3 is 4.74 Å². The SMILES string of the molecule is CCn1nnc2c(-c3cnn(C)c3)cn(-c3ccc(OC(F)(F)F)cc3)c(=O)c21. The van der Waals surface area contributed by atoms with Gasteiger partial charge in [0.2, 0.25) is 0 Å². The zero-order valence-electron chi connectivity index (χ0n) is 15.4. The molecule has 29 heavy (non-hydrogen) atoms. The van der Waals surface area contributed by atoms with Crippen LogP contribution in [0.2, 0.25) is 0 Å². The Morgan fingerprint density at radius 1 is 1.14 bits per heavy atom. The predicted octanol–water partition coefficient (Wildman–Crippen LogP) is 2.90. The van der Waals surface area contributed by atoms with Crippen molar-refractivity contribution in [3.8, 4) is 22.6 Å². The number of aromatic nitrogens is 6. The molecule has 0 unspecified atom stereocenters. The molecule has 3 aromatic heterocycles. The Balaban J connectivity index is 1.90. The summed E-state index contributed by atoms with van der Waals surface area (Å²) < 4.78 is 45.5. The first-order chi connectivity index (χ1) is 13.8. The van der Waals surface area contributed by atoms with Gasteiger partial charge in [-0.25, -0.2) is 4.68 Å². The molecule has 0 atom stereocenters. The largest absolute Gasteiger partial charge is 0.573 e. The van der Waals surface area contributed by atoms with E-state index in [1.165, 1.54) is 21.4 Å². The quantitative estimate of drug-likeness (QED) is 0.523. The van der Waals surface area contributed by atoms with Crippen molar-refractivity contribution in [2.45, 2.75) is 19.8 Å². The Bertz CT molecular complexity index is 1240. The number of halogens is 3. The van der Waals surface area contributed by atoms with E-state index >= 15 is 0 Å². The summed E-state index contributed by atoms with van der Waals surface area (Å²) in [6, 6.07) is 5.06. The van der Waals surface area contributed by atoms with Crippen molar-refractivity contribution in [1.29, 1.82) is 0 Å². The van der Waals surface area contributed by atoms with Gasteiger partial charge in [0.15, 0.2) is 5.52 Å². The first kappa shape index (κ1) is 18.7. The summed E-state index contributed by atoms with van der Waals surface area (Å²) in [5, 5.41) is 12.3. The molecule has 4 aromatic rings. The van der Waals surface area contributed by atoms with Crippen molar-refractivity contribution in [1.82, 2.24) is 29.3 Å². The molecule has 0 aliphatic heterocycles. The minimum atomic E-state index is -4.79. The zero-order valence-corrected chi connectivity index (χ0v) is 15.4. The molecule has 0 aliphatic carbocycles. The topological polar surface area (TPSA) is 79.8 Å². The molecule has 0 saturated heterocycles. The number of aryl methyl sites for hydroxylation is 2. The highest BCUT2D eigenvalue weighted by atomic mass is 19.4. The highest BCUT2D eigenvalue weighted by Crippen LogP contribution is 2.27. The van der Waals surface area contributed by atoms with Gasteiger partial charge in [0.25, 0.3) is 5.56 Å². The summed E-state index contributed by atoms with van der Waals surface area (Å²) in [4.78, 5) is 13.1. The molecule has 0 fully saturated rings. The number of hydrogen-bond donors (Lipinski definition) is 0. The Hall–Kier alpha value is -3.63. The van der Waals surface area contributed by atoms with Crippen LogP contribution in [0.15, 0.2) is 47.7 Å². The summed E-state index contributed by atoms with van der Waals surface area (Å²) in [6.07, 6.45) is 0.198. The average molecular weight is 404 g/mol. The molecular formula is C18H15F3N6O2. The molecule has 0 spiro atoms. The second-order valence-electron chi connectivity index (χ2n) is 6.26. The Morgan fingerprint density at radius 2 is 1.86 bits per heavy atom. The monoisotopic (exact) mass is 404 g/mol. The normalized spacial score (nSPS) is 11.9. The summed E-state index contributed by atoms with van der Waals surface area (Å²) in [5.74, 6) is -0.372. The number of alkyl halides is 3. The minimum Gasteiger partial charge on any atom is -0.406 e. The third-order valence-corrected chi connectivity index (χ3v) is 4.33. The summed E-state index contributed by atoms with van der Waals surface area (Å²) >= 11 is 0. The van der Waals surface area contributed by atoms with Crippen molar-refractivity contribution >= 4 is 11.0 Å². The zero-order chi connectivity index (χ0) is 20.8. The van der Waals surface area contributed by atoms with Crippen LogP contribution in [0.5, 0.6) is 5.75 Å². The Kier molecular flexibility index (Phi) is 4.36. The van der Waals surface area contributed by atoms with Gasteiger partial charge in [0, 0.05) is 42.8 Å². The van der Waals surface area contributed by atoms with Gasteiger partial charge in [-0.05, 0) is 31.2 Å². The fourth-order valence-electron chi connectivity index (χ4n) is 3.06. The van der Waals surface area contributed by atoms with E-state index in [1.54, 1.807) is 30.3 Å². The lowest BCUT2D eigenvalue weighted by Crippen LogP contribution is -2.21. The number of pyridine rings is 1. The molecule has 0 saturated carbocycles. The molecule has 0 radical (unpaired) electrons. The van der Waals surface area contributed by atoms with Gasteiger partial charge in [0.05, 0.1) is 6.20 Å². The predicted molar refractivity (Wildman–Crippen MR) is 97.7 cm³/mol. The van der Waals surface area contributed by atoms with Crippen LogP contribution in [0.3, 0.4) is 0 Å². The van der Waals surface area contributed by atoms with Crippen LogP contribution < -0.4 is 10.3 Å². The van der Waals surface area contributed by atoms with Gasteiger partial charge in [-0.15, -0.1) is 18.3 Å². The summed E-state index contributed by atoms with van der Waals surface area (Å²) in [5.41, 5.74) is 2.07. The van der Waals surface area contributed by atoms with E-state index in [2.05, 4.69) is 20.1 Å². The maximum absolute atomic E-state index is 13.1. The maximum atomic E-state index is 13.1. The van der Waals surface area contributed by atoms with Crippen LogP contribution in [-0.2, 0) is 13.6 Å². The van der Waals surface area contributed by atoms with Crippen molar-refractivity contribution in [2.24, 2.45) is 7.05 Å². The van der Waals surface area contributed by atoms with E-state index in [1.807, 2.05) is 6.92 Å². The lowest BCUT2D eigenvalue weighted by molar-refractivity contribution is -0.274. The first-order valence-corrected chi connectivity index (χ1v) is 8.61. The third kappa shape index (κ3) is 3.46. The van der Waals surface area contributed by atoms with Gasteiger partial charge in [-0.2, -0.15) is 5.10 Å². The van der Waals surface area contributed by atoms with E-state index < -0.39 is 6.36 Å². The van der Waals surface area contributed by atoms with Gasteiger partial charge in [-0.3, -0.25) is 14.0 Å². The second-order valence-corrected chi connectivity index (χ2v) is 6.26. The van der Waals surface area contributed by atoms with Crippen LogP contribution in [0, 0.1) is 0 Å². The van der Waals surface area contributed by atoms with Crippen molar-refractivity contribution in [3.63, 3.8) is 0 Å². The van der Waals surface area contributed by atoms with Crippen LogP contribution in [0.4, 0.5) is 13.2 Å². The Morgan fingerprint density at radius 3 is 2.45 bits per heavy atom. The van der Waals surface area contributed by atoms with Gasteiger partial charge in [-0.1, -0.05) is 5.21 Å². The Labute approximate surface area is 161 Å². The van der Waals surface area contributed by atoms with Crippen LogP contribution in [0.25, 0.3) is 27.8 Å². The van der Waals surface area contributed by atoms with E-state index in [0.717, 1.165) is 17.7 Å². The van der Waals surface area contributed by atoms with Crippen molar-refractivity contribution in [3.05, 3.63) is 53.2 Å². The third-order valence-electron chi connectivity index (χ3n) is 4.33. The van der Waals surface area contributed by atoms with E-state index in [0.29, 0.717) is 28.8 Å². The smallest absolute Gasteiger partial charge is 0.406 e.